The second-order valence-electron chi connectivity index (χ2n) is 6.51. The fourth-order valence-electron chi connectivity index (χ4n) is 2.71. The number of carbonyl (C=O) groups is 2. The average molecular weight is 419 g/mol. The summed E-state index contributed by atoms with van der Waals surface area (Å²) in [4.78, 5) is 34.4. The van der Waals surface area contributed by atoms with Gasteiger partial charge in [-0.3, -0.25) is 14.9 Å². The van der Waals surface area contributed by atoms with E-state index in [1.165, 1.54) is 12.1 Å². The summed E-state index contributed by atoms with van der Waals surface area (Å²) in [6.07, 6.45) is 0. The van der Waals surface area contributed by atoms with Crippen LogP contribution >= 0.6 is 0 Å². The molecule has 3 rings (SSSR count). The fourth-order valence-corrected chi connectivity index (χ4v) is 2.71. The Hall–Kier alpha value is -4.40. The number of benzene rings is 3. The van der Waals surface area contributed by atoms with Gasteiger partial charge >= 0.3 is 6.03 Å². The number of hydrogen-bond donors (Lipinski definition) is 4. The molecule has 158 valence electrons. The molecule has 9 nitrogen and oxygen atoms in total. The monoisotopic (exact) mass is 419 g/mol. The van der Waals surface area contributed by atoms with Crippen LogP contribution in [0.25, 0.3) is 0 Å². The van der Waals surface area contributed by atoms with Crippen molar-refractivity contribution < 1.29 is 14.5 Å². The maximum absolute atomic E-state index is 12.2. The molecule has 0 heterocycles. The predicted octanol–water partition coefficient (Wildman–Crippen LogP) is 4.08. The molecule has 0 aliphatic heterocycles. The molecule has 3 aromatic rings. The highest BCUT2D eigenvalue weighted by Gasteiger charge is 2.07. The molecule has 9 heteroatoms. The first-order valence-electron chi connectivity index (χ1n) is 9.51. The molecular weight excluding hydrogens is 398 g/mol. The van der Waals surface area contributed by atoms with Crippen LogP contribution in [0.1, 0.15) is 10.4 Å². The molecule has 0 bridgehead atoms. The van der Waals surface area contributed by atoms with Gasteiger partial charge in [0, 0.05) is 47.8 Å². The van der Waals surface area contributed by atoms with Crippen molar-refractivity contribution in [2.75, 3.05) is 29.0 Å². The van der Waals surface area contributed by atoms with Gasteiger partial charge in [-0.15, -0.1) is 0 Å². The Labute approximate surface area is 178 Å². The Bertz CT molecular complexity index is 1040. The number of amides is 3. The van der Waals surface area contributed by atoms with Crippen LogP contribution in [0.5, 0.6) is 0 Å². The van der Waals surface area contributed by atoms with Gasteiger partial charge in [0.05, 0.1) is 4.92 Å². The Balaban J connectivity index is 1.41. The number of para-hydroxylation sites is 1. The summed E-state index contributed by atoms with van der Waals surface area (Å²) in [6, 6.07) is 21.3. The van der Waals surface area contributed by atoms with Crippen molar-refractivity contribution in [3.63, 3.8) is 0 Å². The minimum absolute atomic E-state index is 0.0225. The van der Waals surface area contributed by atoms with Crippen LogP contribution in [-0.4, -0.2) is 30.0 Å². The van der Waals surface area contributed by atoms with E-state index in [1.54, 1.807) is 48.5 Å². The molecule has 0 aliphatic carbocycles. The zero-order valence-electron chi connectivity index (χ0n) is 16.5. The van der Waals surface area contributed by atoms with Crippen LogP contribution in [0.3, 0.4) is 0 Å². The molecule has 3 aromatic carbocycles. The molecule has 0 radical (unpaired) electrons. The van der Waals surface area contributed by atoms with Gasteiger partial charge in [-0.1, -0.05) is 18.2 Å². The number of anilines is 3. The molecule has 31 heavy (non-hydrogen) atoms. The molecule has 0 aliphatic rings. The Kier molecular flexibility index (Phi) is 7.15. The van der Waals surface area contributed by atoms with Gasteiger partial charge < -0.3 is 21.3 Å². The highest BCUT2D eigenvalue weighted by Crippen LogP contribution is 2.15. The van der Waals surface area contributed by atoms with Gasteiger partial charge in [0.2, 0.25) is 0 Å². The molecule has 4 N–H and O–H groups in total. The van der Waals surface area contributed by atoms with Gasteiger partial charge in [-0.2, -0.15) is 0 Å². The number of nitrogens with zero attached hydrogens (tertiary/aromatic N) is 1. The van der Waals surface area contributed by atoms with E-state index in [2.05, 4.69) is 21.3 Å². The third-order valence-corrected chi connectivity index (χ3v) is 4.25. The van der Waals surface area contributed by atoms with E-state index < -0.39 is 4.92 Å². The van der Waals surface area contributed by atoms with Crippen molar-refractivity contribution in [1.29, 1.82) is 0 Å². The number of rotatable bonds is 8. The van der Waals surface area contributed by atoms with Gasteiger partial charge in [0.1, 0.15) is 0 Å². The summed E-state index contributed by atoms with van der Waals surface area (Å²) in [6.45, 7) is 0.831. The molecule has 0 atom stereocenters. The van der Waals surface area contributed by atoms with E-state index in [1.807, 2.05) is 18.2 Å². The lowest BCUT2D eigenvalue weighted by molar-refractivity contribution is -0.384. The van der Waals surface area contributed by atoms with Crippen LogP contribution in [0, 0.1) is 10.1 Å². The second-order valence-corrected chi connectivity index (χ2v) is 6.51. The fraction of sp³-hybridized carbons (Fsp3) is 0.0909. The van der Waals surface area contributed by atoms with Crippen LogP contribution in [-0.2, 0) is 0 Å². The number of hydrogen-bond acceptors (Lipinski definition) is 5. The third kappa shape index (κ3) is 6.57. The van der Waals surface area contributed by atoms with Crippen LogP contribution in [0.4, 0.5) is 27.5 Å². The van der Waals surface area contributed by atoms with E-state index in [4.69, 9.17) is 0 Å². The number of nitrogens with one attached hydrogen (secondary N) is 4. The molecule has 0 unspecified atom stereocenters. The van der Waals surface area contributed by atoms with Crippen LogP contribution in [0.2, 0.25) is 0 Å². The SMILES string of the molecule is O=C(Nc1ccccc1)Nc1ccc(C(=O)NCCNc2ccc([N+](=O)[O-])cc2)cc1. The predicted molar refractivity (Wildman–Crippen MR) is 119 cm³/mol. The van der Waals surface area contributed by atoms with E-state index in [-0.39, 0.29) is 17.6 Å². The lowest BCUT2D eigenvalue weighted by Crippen LogP contribution is -2.28. The standard InChI is InChI=1S/C22H21N5O4/c28-21(24-15-14-23-17-10-12-20(13-11-17)27(30)31)16-6-8-19(9-7-16)26-22(29)25-18-4-2-1-3-5-18/h1-13,23H,14-15H2,(H,24,28)(H2,25,26,29). The summed E-state index contributed by atoms with van der Waals surface area (Å²) in [5.74, 6) is -0.245. The van der Waals surface area contributed by atoms with Gasteiger partial charge in [-0.05, 0) is 48.5 Å². The summed E-state index contributed by atoms with van der Waals surface area (Å²) in [7, 11) is 0. The molecule has 3 amide bonds. The lowest BCUT2D eigenvalue weighted by atomic mass is 10.2. The number of urea groups is 1. The van der Waals surface area contributed by atoms with E-state index in [0.717, 1.165) is 5.69 Å². The first kappa shape index (κ1) is 21.3. The summed E-state index contributed by atoms with van der Waals surface area (Å²) in [5, 5.41) is 21.9. The van der Waals surface area contributed by atoms with Crippen molar-refractivity contribution >= 4 is 34.7 Å². The summed E-state index contributed by atoms with van der Waals surface area (Å²) < 4.78 is 0. The molecular formula is C22H21N5O4. The first-order valence-corrected chi connectivity index (χ1v) is 9.51. The third-order valence-electron chi connectivity index (χ3n) is 4.25. The topological polar surface area (TPSA) is 125 Å². The largest absolute Gasteiger partial charge is 0.383 e. The Morgan fingerprint density at radius 1 is 0.742 bits per heavy atom. The van der Waals surface area contributed by atoms with Crippen molar-refractivity contribution in [3.05, 3.63) is 94.5 Å². The van der Waals surface area contributed by atoms with E-state index in [0.29, 0.717) is 30.0 Å². The minimum atomic E-state index is -0.458. The second kappa shape index (κ2) is 10.4. The number of nitro groups is 1. The molecule has 0 spiro atoms. The molecule has 0 fully saturated rings. The Morgan fingerprint density at radius 3 is 1.94 bits per heavy atom. The normalized spacial score (nSPS) is 10.1. The molecule has 0 saturated carbocycles. The summed E-state index contributed by atoms with van der Waals surface area (Å²) >= 11 is 0. The van der Waals surface area contributed by atoms with Gasteiger partial charge in [-0.25, -0.2) is 4.79 Å². The van der Waals surface area contributed by atoms with Crippen molar-refractivity contribution in [3.8, 4) is 0 Å². The molecule has 0 saturated heterocycles. The summed E-state index contributed by atoms with van der Waals surface area (Å²) in [5.41, 5.74) is 2.45. The van der Waals surface area contributed by atoms with Crippen molar-refractivity contribution in [2.24, 2.45) is 0 Å². The van der Waals surface area contributed by atoms with Crippen molar-refractivity contribution in [2.45, 2.75) is 0 Å². The van der Waals surface area contributed by atoms with E-state index in [9.17, 15) is 19.7 Å². The number of nitro benzene ring substituents is 1. The first-order chi connectivity index (χ1) is 15.0. The van der Waals surface area contributed by atoms with Gasteiger partial charge in [0.25, 0.3) is 11.6 Å². The van der Waals surface area contributed by atoms with E-state index >= 15 is 0 Å². The highest BCUT2D eigenvalue weighted by atomic mass is 16.6. The highest BCUT2D eigenvalue weighted by molar-refractivity contribution is 6.00. The zero-order valence-corrected chi connectivity index (χ0v) is 16.5. The minimum Gasteiger partial charge on any atom is -0.383 e. The lowest BCUT2D eigenvalue weighted by Gasteiger charge is -2.10. The molecule has 0 aromatic heterocycles. The van der Waals surface area contributed by atoms with Crippen LogP contribution in [0.15, 0.2) is 78.9 Å². The number of non-ortho nitro benzene ring substituents is 1. The quantitative estimate of drug-likeness (QED) is 0.249. The van der Waals surface area contributed by atoms with Gasteiger partial charge in [0.15, 0.2) is 0 Å². The van der Waals surface area contributed by atoms with Crippen molar-refractivity contribution in [1.82, 2.24) is 5.32 Å². The number of carbonyl (C=O) groups excluding carboxylic acids is 2. The average Bonchev–Trinajstić information content (AvgIpc) is 2.78. The maximum atomic E-state index is 12.2. The zero-order chi connectivity index (χ0) is 22.1. The smallest absolute Gasteiger partial charge is 0.323 e. The Morgan fingerprint density at radius 2 is 1.32 bits per heavy atom. The van der Waals surface area contributed by atoms with Crippen LogP contribution < -0.4 is 21.3 Å². The maximum Gasteiger partial charge on any atom is 0.323 e.